The van der Waals surface area contributed by atoms with E-state index in [1.54, 1.807) is 11.1 Å². The number of aromatic nitrogens is 2. The van der Waals surface area contributed by atoms with Gasteiger partial charge in [-0.2, -0.15) is 0 Å². The van der Waals surface area contributed by atoms with Crippen LogP contribution in [0.1, 0.15) is 46.2 Å². The summed E-state index contributed by atoms with van der Waals surface area (Å²) < 4.78 is 5.48. The average molecular weight is 362 g/mol. The van der Waals surface area contributed by atoms with Crippen molar-refractivity contribution in [2.24, 2.45) is 0 Å². The fourth-order valence-electron chi connectivity index (χ4n) is 3.27. The number of carbonyl (C=O) groups excluding carboxylic acids is 1. The Hall–Kier alpha value is -1.88. The molecule has 0 bridgehead atoms. The minimum absolute atomic E-state index is 0.108. The molecule has 6 heteroatoms. The molecule has 25 heavy (non-hydrogen) atoms. The first-order valence-electron chi connectivity index (χ1n) is 8.57. The van der Waals surface area contributed by atoms with Crippen LogP contribution >= 0.6 is 11.6 Å². The lowest BCUT2D eigenvalue weighted by molar-refractivity contribution is 0.0171. The number of likely N-dealkylation sites (tertiary alicyclic amines) is 1. The van der Waals surface area contributed by atoms with Gasteiger partial charge >= 0.3 is 6.09 Å². The number of fused-ring (bicyclic) bond motifs is 1. The predicted octanol–water partition coefficient (Wildman–Crippen LogP) is 4.57. The molecule has 0 N–H and O–H groups in total. The highest BCUT2D eigenvalue weighted by molar-refractivity contribution is 6.30. The summed E-state index contributed by atoms with van der Waals surface area (Å²) in [5, 5.41) is 2.54. The van der Waals surface area contributed by atoms with Crippen LogP contribution in [0.4, 0.5) is 4.79 Å². The first-order chi connectivity index (χ1) is 11.7. The van der Waals surface area contributed by atoms with Crippen molar-refractivity contribution >= 4 is 28.5 Å². The molecule has 0 aliphatic carbocycles. The second kappa shape index (κ2) is 6.45. The van der Waals surface area contributed by atoms with Crippen LogP contribution in [0.15, 0.2) is 24.5 Å². The predicted molar refractivity (Wildman–Crippen MR) is 98.9 cm³/mol. The van der Waals surface area contributed by atoms with E-state index in [0.29, 0.717) is 18.2 Å². The number of carbonyl (C=O) groups is 1. The largest absolute Gasteiger partial charge is 0.444 e. The lowest BCUT2D eigenvalue weighted by Gasteiger charge is -2.39. The molecular formula is C19H24ClN3O2. The molecule has 2 aromatic rings. The van der Waals surface area contributed by atoms with Gasteiger partial charge in [0.2, 0.25) is 0 Å². The highest BCUT2D eigenvalue weighted by atomic mass is 35.5. The summed E-state index contributed by atoms with van der Waals surface area (Å²) in [6.07, 6.45) is 5.02. The Morgan fingerprint density at radius 2 is 1.96 bits per heavy atom. The van der Waals surface area contributed by atoms with Crippen LogP contribution in [0.5, 0.6) is 0 Å². The van der Waals surface area contributed by atoms with Gasteiger partial charge in [0.1, 0.15) is 10.8 Å². The number of pyridine rings is 2. The van der Waals surface area contributed by atoms with Gasteiger partial charge in [-0.3, -0.25) is 4.98 Å². The van der Waals surface area contributed by atoms with Crippen molar-refractivity contribution in [2.45, 2.75) is 51.6 Å². The fraction of sp³-hybridized carbons (Fsp3) is 0.526. The quantitative estimate of drug-likeness (QED) is 0.698. The van der Waals surface area contributed by atoms with Crippen LogP contribution in [0.25, 0.3) is 10.8 Å². The Bertz CT molecular complexity index is 793. The van der Waals surface area contributed by atoms with Crippen molar-refractivity contribution in [3.8, 4) is 0 Å². The van der Waals surface area contributed by atoms with Gasteiger partial charge in [0.25, 0.3) is 0 Å². The molecule has 1 amide bonds. The molecule has 0 unspecified atom stereocenters. The summed E-state index contributed by atoms with van der Waals surface area (Å²) in [7, 11) is 0. The first-order valence-corrected chi connectivity index (χ1v) is 8.94. The maximum atomic E-state index is 12.3. The van der Waals surface area contributed by atoms with E-state index in [1.165, 1.54) is 0 Å². The summed E-state index contributed by atoms with van der Waals surface area (Å²) in [5.41, 5.74) is 0.444. The second-order valence-electron chi connectivity index (χ2n) is 7.92. The van der Waals surface area contributed by atoms with Crippen molar-refractivity contribution in [1.82, 2.24) is 14.9 Å². The Labute approximate surface area is 153 Å². The molecule has 3 rings (SSSR count). The molecule has 1 saturated heterocycles. The lowest BCUT2D eigenvalue weighted by atomic mass is 9.76. The third-order valence-electron chi connectivity index (χ3n) is 4.70. The monoisotopic (exact) mass is 361 g/mol. The number of nitrogens with zero attached hydrogens (tertiary/aromatic N) is 3. The van der Waals surface area contributed by atoms with Gasteiger partial charge in [0.15, 0.2) is 0 Å². The molecule has 1 fully saturated rings. The van der Waals surface area contributed by atoms with Crippen LogP contribution in [-0.2, 0) is 10.2 Å². The van der Waals surface area contributed by atoms with E-state index >= 15 is 0 Å². The van der Waals surface area contributed by atoms with Gasteiger partial charge < -0.3 is 9.64 Å². The van der Waals surface area contributed by atoms with Gasteiger partial charge in [-0.15, -0.1) is 0 Å². The van der Waals surface area contributed by atoms with E-state index < -0.39 is 5.60 Å². The third kappa shape index (κ3) is 3.87. The van der Waals surface area contributed by atoms with E-state index in [0.717, 1.165) is 29.3 Å². The highest BCUT2D eigenvalue weighted by Crippen LogP contribution is 2.38. The summed E-state index contributed by atoms with van der Waals surface area (Å²) >= 11 is 6.09. The first kappa shape index (κ1) is 17.9. The molecular weight excluding hydrogens is 338 g/mol. The van der Waals surface area contributed by atoms with Gasteiger partial charge in [-0.1, -0.05) is 18.5 Å². The second-order valence-corrected chi connectivity index (χ2v) is 8.30. The smallest absolute Gasteiger partial charge is 0.410 e. The van der Waals surface area contributed by atoms with Crippen molar-refractivity contribution in [3.63, 3.8) is 0 Å². The summed E-state index contributed by atoms with van der Waals surface area (Å²) in [4.78, 5) is 22.9. The Morgan fingerprint density at radius 3 is 2.60 bits per heavy atom. The van der Waals surface area contributed by atoms with Gasteiger partial charge in [0.05, 0.1) is 5.69 Å². The fourth-order valence-corrected chi connectivity index (χ4v) is 3.42. The number of amides is 1. The van der Waals surface area contributed by atoms with Crippen molar-refractivity contribution in [1.29, 1.82) is 0 Å². The third-order valence-corrected chi connectivity index (χ3v) is 4.91. The zero-order valence-corrected chi connectivity index (χ0v) is 15.9. The average Bonchev–Trinajstić information content (AvgIpc) is 2.53. The number of piperidine rings is 1. The van der Waals surface area contributed by atoms with Crippen LogP contribution in [-0.4, -0.2) is 39.7 Å². The summed E-state index contributed by atoms with van der Waals surface area (Å²) in [5.74, 6) is 0. The zero-order chi connectivity index (χ0) is 18.2. The lowest BCUT2D eigenvalue weighted by Crippen LogP contribution is -2.46. The maximum absolute atomic E-state index is 12.3. The van der Waals surface area contributed by atoms with Gasteiger partial charge in [-0.25, -0.2) is 9.78 Å². The molecule has 0 atom stereocenters. The molecule has 5 nitrogen and oxygen atoms in total. The number of hydrogen-bond acceptors (Lipinski definition) is 4. The standard InChI is InChI=1S/C19H24ClN3O2/c1-18(2,3)25-17(24)23-9-6-19(4,7-10-23)16-14-11-15(20)22-12-13(14)5-8-21-16/h5,8,11-12H,6-7,9-10H2,1-4H3. The van der Waals surface area contributed by atoms with Gasteiger partial charge in [0, 0.05) is 41.7 Å². The van der Waals surface area contributed by atoms with Crippen LogP contribution in [0, 0.1) is 0 Å². The van der Waals surface area contributed by atoms with Crippen LogP contribution in [0.3, 0.4) is 0 Å². The molecule has 0 saturated carbocycles. The Morgan fingerprint density at radius 1 is 1.28 bits per heavy atom. The Kier molecular flexibility index (Phi) is 4.62. The number of hydrogen-bond donors (Lipinski definition) is 0. The zero-order valence-electron chi connectivity index (χ0n) is 15.2. The maximum Gasteiger partial charge on any atom is 0.410 e. The minimum Gasteiger partial charge on any atom is -0.444 e. The number of halogens is 1. The molecule has 2 aromatic heterocycles. The molecule has 3 heterocycles. The van der Waals surface area contributed by atoms with Gasteiger partial charge in [-0.05, 0) is 45.7 Å². The van der Waals surface area contributed by atoms with Crippen molar-refractivity contribution in [2.75, 3.05) is 13.1 Å². The number of rotatable bonds is 1. The highest BCUT2D eigenvalue weighted by Gasteiger charge is 2.36. The van der Waals surface area contributed by atoms with Crippen LogP contribution < -0.4 is 0 Å². The molecule has 1 aliphatic rings. The van der Waals surface area contributed by atoms with Crippen molar-refractivity contribution < 1.29 is 9.53 Å². The van der Waals surface area contributed by atoms with E-state index in [2.05, 4.69) is 16.9 Å². The Balaban J connectivity index is 1.81. The normalized spacial score (nSPS) is 17.6. The minimum atomic E-state index is -0.473. The molecule has 0 spiro atoms. The molecule has 1 aliphatic heterocycles. The SMILES string of the molecule is CC(C)(C)OC(=O)N1CCC(C)(c2nccc3cnc(Cl)cc23)CC1. The van der Waals surface area contributed by atoms with E-state index in [9.17, 15) is 4.79 Å². The molecule has 134 valence electrons. The number of ether oxygens (including phenoxy) is 1. The van der Waals surface area contributed by atoms with Crippen molar-refractivity contribution in [3.05, 3.63) is 35.4 Å². The van der Waals surface area contributed by atoms with Crippen LogP contribution in [0.2, 0.25) is 5.15 Å². The molecule has 0 radical (unpaired) electrons. The van der Waals surface area contributed by atoms with E-state index in [-0.39, 0.29) is 11.5 Å². The van der Waals surface area contributed by atoms with E-state index in [1.807, 2.05) is 39.1 Å². The van der Waals surface area contributed by atoms with E-state index in [4.69, 9.17) is 16.3 Å². The summed E-state index contributed by atoms with van der Waals surface area (Å²) in [6.45, 7) is 9.17. The topological polar surface area (TPSA) is 55.3 Å². The molecule has 0 aromatic carbocycles. The summed E-state index contributed by atoms with van der Waals surface area (Å²) in [6, 6.07) is 3.83.